The molecule has 0 bridgehead atoms. The highest BCUT2D eigenvalue weighted by molar-refractivity contribution is 5.95. The SMILES string of the molecule is COc1ccc(CCNC(=O)c2cc(Nc3cccc4cccnc34)ccn2)cc1. The van der Waals surface area contributed by atoms with Crippen molar-refractivity contribution in [3.8, 4) is 5.75 Å². The van der Waals surface area contributed by atoms with Gasteiger partial charge in [-0.3, -0.25) is 14.8 Å². The summed E-state index contributed by atoms with van der Waals surface area (Å²) < 4.78 is 5.16. The van der Waals surface area contributed by atoms with E-state index in [4.69, 9.17) is 4.74 Å². The van der Waals surface area contributed by atoms with Crippen molar-refractivity contribution >= 4 is 28.2 Å². The van der Waals surface area contributed by atoms with Crippen LogP contribution in [-0.2, 0) is 6.42 Å². The normalized spacial score (nSPS) is 10.6. The molecule has 0 unspecified atom stereocenters. The number of carbonyl (C=O) groups is 1. The Morgan fingerprint density at radius 1 is 0.967 bits per heavy atom. The lowest BCUT2D eigenvalue weighted by Crippen LogP contribution is -2.26. The van der Waals surface area contributed by atoms with Gasteiger partial charge in [0.15, 0.2) is 0 Å². The van der Waals surface area contributed by atoms with Gasteiger partial charge in [0.25, 0.3) is 5.91 Å². The van der Waals surface area contributed by atoms with E-state index in [0.29, 0.717) is 12.2 Å². The second kappa shape index (κ2) is 9.05. The maximum Gasteiger partial charge on any atom is 0.269 e. The first-order valence-corrected chi connectivity index (χ1v) is 9.71. The van der Waals surface area contributed by atoms with Crippen LogP contribution in [0.25, 0.3) is 10.9 Å². The van der Waals surface area contributed by atoms with Crippen molar-refractivity contribution in [1.29, 1.82) is 0 Å². The number of benzene rings is 2. The number of pyridine rings is 2. The van der Waals surface area contributed by atoms with Gasteiger partial charge in [-0.1, -0.05) is 30.3 Å². The third-order valence-electron chi connectivity index (χ3n) is 4.76. The summed E-state index contributed by atoms with van der Waals surface area (Å²) >= 11 is 0. The number of fused-ring (bicyclic) bond motifs is 1. The first-order chi connectivity index (χ1) is 14.7. The zero-order chi connectivity index (χ0) is 20.8. The minimum atomic E-state index is -0.205. The predicted octanol–water partition coefficient (Wildman–Crippen LogP) is 4.35. The summed E-state index contributed by atoms with van der Waals surface area (Å²) in [7, 11) is 1.64. The Balaban J connectivity index is 1.40. The van der Waals surface area contributed by atoms with Crippen molar-refractivity contribution in [1.82, 2.24) is 15.3 Å². The van der Waals surface area contributed by atoms with Crippen LogP contribution in [0.3, 0.4) is 0 Å². The molecule has 0 atom stereocenters. The van der Waals surface area contributed by atoms with Crippen LogP contribution >= 0.6 is 0 Å². The third kappa shape index (κ3) is 4.55. The van der Waals surface area contributed by atoms with Crippen LogP contribution in [-0.4, -0.2) is 29.5 Å². The average Bonchev–Trinajstić information content (AvgIpc) is 2.80. The Hall–Kier alpha value is -3.93. The molecule has 2 aromatic carbocycles. The van der Waals surface area contributed by atoms with E-state index in [-0.39, 0.29) is 5.91 Å². The minimum absolute atomic E-state index is 0.205. The number of carbonyl (C=O) groups excluding carboxylic acids is 1. The van der Waals surface area contributed by atoms with Gasteiger partial charge in [-0.25, -0.2) is 0 Å². The van der Waals surface area contributed by atoms with Gasteiger partial charge in [0.1, 0.15) is 11.4 Å². The lowest BCUT2D eigenvalue weighted by Gasteiger charge is -2.10. The van der Waals surface area contributed by atoms with Crippen molar-refractivity contribution in [2.24, 2.45) is 0 Å². The molecular formula is C24H22N4O2. The number of nitrogens with zero attached hydrogens (tertiary/aromatic N) is 2. The van der Waals surface area contributed by atoms with Crippen LogP contribution in [0.2, 0.25) is 0 Å². The summed E-state index contributed by atoms with van der Waals surface area (Å²) in [4.78, 5) is 21.2. The molecule has 0 aliphatic rings. The highest BCUT2D eigenvalue weighted by Gasteiger charge is 2.09. The number of nitrogens with one attached hydrogen (secondary N) is 2. The Labute approximate surface area is 175 Å². The molecular weight excluding hydrogens is 376 g/mol. The number of hydrogen-bond acceptors (Lipinski definition) is 5. The Bertz CT molecular complexity index is 1150. The van der Waals surface area contributed by atoms with Crippen LogP contribution in [0, 0.1) is 0 Å². The summed E-state index contributed by atoms with van der Waals surface area (Å²) in [5.41, 5.74) is 4.03. The molecule has 30 heavy (non-hydrogen) atoms. The van der Waals surface area contributed by atoms with E-state index in [1.165, 1.54) is 0 Å². The Morgan fingerprint density at radius 2 is 1.80 bits per heavy atom. The van der Waals surface area contributed by atoms with Gasteiger partial charge in [-0.15, -0.1) is 0 Å². The first-order valence-electron chi connectivity index (χ1n) is 9.71. The first kappa shape index (κ1) is 19.4. The molecule has 2 heterocycles. The Morgan fingerprint density at radius 3 is 2.63 bits per heavy atom. The molecule has 0 saturated carbocycles. The lowest BCUT2D eigenvalue weighted by molar-refractivity contribution is 0.0949. The van der Waals surface area contributed by atoms with E-state index in [9.17, 15) is 4.79 Å². The second-order valence-corrected chi connectivity index (χ2v) is 6.79. The predicted molar refractivity (Wildman–Crippen MR) is 118 cm³/mol. The fraction of sp³-hybridized carbons (Fsp3) is 0.125. The van der Waals surface area contributed by atoms with E-state index in [0.717, 1.165) is 40.0 Å². The van der Waals surface area contributed by atoms with E-state index in [1.807, 2.05) is 60.7 Å². The van der Waals surface area contributed by atoms with Gasteiger partial charge < -0.3 is 15.4 Å². The highest BCUT2D eigenvalue weighted by atomic mass is 16.5. The van der Waals surface area contributed by atoms with E-state index in [2.05, 4.69) is 20.6 Å². The molecule has 0 spiro atoms. The van der Waals surface area contributed by atoms with Crippen molar-refractivity contribution in [2.75, 3.05) is 19.0 Å². The molecule has 6 heteroatoms. The molecule has 0 fully saturated rings. The van der Waals surface area contributed by atoms with Gasteiger partial charge >= 0.3 is 0 Å². The molecule has 4 aromatic rings. The molecule has 2 aromatic heterocycles. The zero-order valence-corrected chi connectivity index (χ0v) is 16.6. The van der Waals surface area contributed by atoms with Crippen molar-refractivity contribution in [2.45, 2.75) is 6.42 Å². The van der Waals surface area contributed by atoms with Gasteiger partial charge in [0.05, 0.1) is 18.3 Å². The number of methoxy groups -OCH3 is 1. The summed E-state index contributed by atoms with van der Waals surface area (Å²) in [5.74, 6) is 0.612. The summed E-state index contributed by atoms with van der Waals surface area (Å²) in [6, 6.07) is 21.3. The van der Waals surface area contributed by atoms with Crippen LogP contribution in [0.15, 0.2) is 79.1 Å². The topological polar surface area (TPSA) is 76.1 Å². The van der Waals surface area contributed by atoms with Crippen LogP contribution < -0.4 is 15.4 Å². The second-order valence-electron chi connectivity index (χ2n) is 6.79. The third-order valence-corrected chi connectivity index (χ3v) is 4.76. The van der Waals surface area contributed by atoms with Gasteiger partial charge in [0.2, 0.25) is 0 Å². The molecule has 0 saturated heterocycles. The molecule has 4 rings (SSSR count). The monoisotopic (exact) mass is 398 g/mol. The summed E-state index contributed by atoms with van der Waals surface area (Å²) in [6.45, 7) is 0.526. The van der Waals surface area contributed by atoms with Crippen molar-refractivity contribution < 1.29 is 9.53 Å². The lowest BCUT2D eigenvalue weighted by atomic mass is 10.1. The summed E-state index contributed by atoms with van der Waals surface area (Å²) in [5, 5.41) is 7.31. The van der Waals surface area contributed by atoms with E-state index >= 15 is 0 Å². The maximum absolute atomic E-state index is 12.5. The molecule has 2 N–H and O–H groups in total. The molecule has 6 nitrogen and oxygen atoms in total. The van der Waals surface area contributed by atoms with Crippen molar-refractivity contribution in [3.05, 3.63) is 90.4 Å². The van der Waals surface area contributed by atoms with E-state index in [1.54, 1.807) is 25.6 Å². The number of aromatic nitrogens is 2. The molecule has 0 aliphatic carbocycles. The van der Waals surface area contributed by atoms with Crippen LogP contribution in [0.1, 0.15) is 16.1 Å². The average molecular weight is 398 g/mol. The smallest absolute Gasteiger partial charge is 0.269 e. The molecule has 150 valence electrons. The fourth-order valence-electron chi connectivity index (χ4n) is 3.20. The van der Waals surface area contributed by atoms with Crippen LogP contribution in [0.5, 0.6) is 5.75 Å². The number of ether oxygens (including phenoxy) is 1. The molecule has 0 aliphatic heterocycles. The largest absolute Gasteiger partial charge is 0.497 e. The van der Waals surface area contributed by atoms with Gasteiger partial charge in [-0.05, 0) is 48.4 Å². The maximum atomic E-state index is 12.5. The number of hydrogen-bond donors (Lipinski definition) is 2. The highest BCUT2D eigenvalue weighted by Crippen LogP contribution is 2.24. The number of para-hydroxylation sites is 1. The van der Waals surface area contributed by atoms with Gasteiger partial charge in [-0.2, -0.15) is 0 Å². The molecule has 1 amide bonds. The van der Waals surface area contributed by atoms with E-state index < -0.39 is 0 Å². The number of anilines is 2. The Kier molecular flexibility index (Phi) is 5.85. The van der Waals surface area contributed by atoms with Crippen LogP contribution in [0.4, 0.5) is 11.4 Å². The summed E-state index contributed by atoms with van der Waals surface area (Å²) in [6.07, 6.45) is 4.12. The number of amides is 1. The molecule has 0 radical (unpaired) electrons. The fourth-order valence-corrected chi connectivity index (χ4v) is 3.20. The van der Waals surface area contributed by atoms with Crippen molar-refractivity contribution in [3.63, 3.8) is 0 Å². The standard InChI is InChI=1S/C24H22N4O2/c1-30-20-9-7-17(8-10-20)11-14-27-24(29)22-16-19(12-15-25-22)28-21-6-2-4-18-5-3-13-26-23(18)21/h2-10,12-13,15-16H,11,14H2,1H3,(H,25,28)(H,27,29). The number of rotatable bonds is 7. The minimum Gasteiger partial charge on any atom is -0.497 e. The van der Waals surface area contributed by atoms with Gasteiger partial charge in [0, 0.05) is 30.0 Å². The quantitative estimate of drug-likeness (QED) is 0.484. The zero-order valence-electron chi connectivity index (χ0n) is 16.6.